The Bertz CT molecular complexity index is 200. The molecule has 1 heterocycles. The molecule has 1 fully saturated rings. The quantitative estimate of drug-likeness (QED) is 0.509. The van der Waals surface area contributed by atoms with Crippen LogP contribution in [0.5, 0.6) is 0 Å². The Labute approximate surface area is 99.2 Å². The summed E-state index contributed by atoms with van der Waals surface area (Å²) in [6.07, 6.45) is 3.74. The smallest absolute Gasteiger partial charge is 0.0726 e. The lowest BCUT2D eigenvalue weighted by molar-refractivity contribution is 0.0773. The van der Waals surface area contributed by atoms with Crippen molar-refractivity contribution in [2.45, 2.75) is 45.3 Å². The minimum Gasteiger partial charge on any atom is -0.380 e. The molecule has 0 saturated carbocycles. The lowest BCUT2D eigenvalue weighted by Gasteiger charge is -2.19. The minimum atomic E-state index is 0.399. The van der Waals surface area contributed by atoms with E-state index in [4.69, 9.17) is 9.47 Å². The first kappa shape index (κ1) is 13.7. The second kappa shape index (κ2) is 7.82. The average Bonchev–Trinajstić information content (AvgIpc) is 2.75. The van der Waals surface area contributed by atoms with Crippen LogP contribution >= 0.6 is 0 Å². The Kier molecular flexibility index (Phi) is 6.69. The van der Waals surface area contributed by atoms with Crippen molar-refractivity contribution < 1.29 is 9.47 Å². The SMILES string of the molecule is C=C(C)CCOCCNC(C)C1CCCO1. The van der Waals surface area contributed by atoms with Gasteiger partial charge in [0.25, 0.3) is 0 Å². The van der Waals surface area contributed by atoms with E-state index in [1.807, 2.05) is 6.92 Å². The molecule has 0 aromatic heterocycles. The first-order valence-corrected chi connectivity index (χ1v) is 6.27. The van der Waals surface area contributed by atoms with Gasteiger partial charge in [-0.3, -0.25) is 0 Å². The van der Waals surface area contributed by atoms with Crippen LogP contribution in [0.4, 0.5) is 0 Å². The Morgan fingerprint density at radius 1 is 1.56 bits per heavy atom. The molecule has 2 atom stereocenters. The fourth-order valence-electron chi connectivity index (χ4n) is 1.84. The zero-order chi connectivity index (χ0) is 11.8. The molecule has 0 aromatic rings. The van der Waals surface area contributed by atoms with Crippen LogP contribution in [0.25, 0.3) is 0 Å². The fourth-order valence-corrected chi connectivity index (χ4v) is 1.84. The maximum atomic E-state index is 5.61. The Hall–Kier alpha value is -0.380. The number of nitrogens with one attached hydrogen (secondary N) is 1. The van der Waals surface area contributed by atoms with Gasteiger partial charge in [-0.25, -0.2) is 0 Å². The van der Waals surface area contributed by atoms with Crippen molar-refractivity contribution in [2.24, 2.45) is 0 Å². The maximum absolute atomic E-state index is 5.61. The van der Waals surface area contributed by atoms with Crippen molar-refractivity contribution in [2.75, 3.05) is 26.4 Å². The lowest BCUT2D eigenvalue weighted by Crippen LogP contribution is -2.38. The molecule has 3 heteroatoms. The van der Waals surface area contributed by atoms with Crippen LogP contribution in [-0.2, 0) is 9.47 Å². The van der Waals surface area contributed by atoms with Gasteiger partial charge >= 0.3 is 0 Å². The zero-order valence-corrected chi connectivity index (χ0v) is 10.6. The summed E-state index contributed by atoms with van der Waals surface area (Å²) in [5.74, 6) is 0. The molecule has 0 bridgehead atoms. The van der Waals surface area contributed by atoms with E-state index in [1.165, 1.54) is 18.4 Å². The molecule has 0 amide bonds. The van der Waals surface area contributed by atoms with E-state index in [2.05, 4.69) is 18.8 Å². The topological polar surface area (TPSA) is 30.5 Å². The molecule has 0 spiro atoms. The Morgan fingerprint density at radius 2 is 2.38 bits per heavy atom. The number of hydrogen-bond acceptors (Lipinski definition) is 3. The third kappa shape index (κ3) is 5.64. The number of rotatable bonds is 8. The lowest BCUT2D eigenvalue weighted by atomic mass is 10.1. The van der Waals surface area contributed by atoms with E-state index in [0.717, 1.165) is 32.8 Å². The van der Waals surface area contributed by atoms with Crippen LogP contribution in [0.15, 0.2) is 12.2 Å². The van der Waals surface area contributed by atoms with Crippen LogP contribution in [0.1, 0.15) is 33.1 Å². The van der Waals surface area contributed by atoms with Crippen molar-refractivity contribution in [3.05, 3.63) is 12.2 Å². The van der Waals surface area contributed by atoms with Crippen LogP contribution in [0, 0.1) is 0 Å². The summed E-state index contributed by atoms with van der Waals surface area (Å²) in [5.41, 5.74) is 1.18. The van der Waals surface area contributed by atoms with Gasteiger partial charge in [0.1, 0.15) is 0 Å². The largest absolute Gasteiger partial charge is 0.380 e. The molecule has 0 aromatic carbocycles. The fraction of sp³-hybridized carbons (Fsp3) is 0.846. The van der Waals surface area contributed by atoms with Crippen molar-refractivity contribution in [3.8, 4) is 0 Å². The van der Waals surface area contributed by atoms with E-state index >= 15 is 0 Å². The normalized spacial score (nSPS) is 22.2. The van der Waals surface area contributed by atoms with Gasteiger partial charge in [-0.2, -0.15) is 0 Å². The second-order valence-electron chi connectivity index (χ2n) is 4.61. The van der Waals surface area contributed by atoms with Crippen LogP contribution < -0.4 is 5.32 Å². The van der Waals surface area contributed by atoms with Crippen LogP contribution in [-0.4, -0.2) is 38.5 Å². The van der Waals surface area contributed by atoms with E-state index in [0.29, 0.717) is 12.1 Å². The summed E-state index contributed by atoms with van der Waals surface area (Å²) < 4.78 is 11.1. The first-order chi connectivity index (χ1) is 7.70. The number of hydrogen-bond donors (Lipinski definition) is 1. The van der Waals surface area contributed by atoms with Crippen LogP contribution in [0.3, 0.4) is 0 Å². The molecule has 1 aliphatic heterocycles. The highest BCUT2D eigenvalue weighted by molar-refractivity contribution is 4.87. The second-order valence-corrected chi connectivity index (χ2v) is 4.61. The predicted octanol–water partition coefficient (Wildman–Crippen LogP) is 2.13. The predicted molar refractivity (Wildman–Crippen MR) is 66.7 cm³/mol. The third-order valence-electron chi connectivity index (χ3n) is 2.91. The molecule has 1 saturated heterocycles. The van der Waals surface area contributed by atoms with Gasteiger partial charge in [0.05, 0.1) is 19.3 Å². The summed E-state index contributed by atoms with van der Waals surface area (Å²) in [7, 11) is 0. The van der Waals surface area contributed by atoms with Crippen LogP contribution in [0.2, 0.25) is 0 Å². The van der Waals surface area contributed by atoms with Gasteiger partial charge in [-0.15, -0.1) is 6.58 Å². The van der Waals surface area contributed by atoms with E-state index in [-0.39, 0.29) is 0 Å². The molecular weight excluding hydrogens is 202 g/mol. The van der Waals surface area contributed by atoms with Gasteiger partial charge in [0, 0.05) is 19.2 Å². The Morgan fingerprint density at radius 3 is 3.00 bits per heavy atom. The summed E-state index contributed by atoms with van der Waals surface area (Å²) in [5, 5.41) is 3.44. The average molecular weight is 227 g/mol. The standard InChI is InChI=1S/C13H25NO2/c1-11(2)6-9-15-10-7-14-12(3)13-5-4-8-16-13/h12-14H,1,4-10H2,2-3H3. The van der Waals surface area contributed by atoms with E-state index < -0.39 is 0 Å². The van der Waals surface area contributed by atoms with Crippen molar-refractivity contribution >= 4 is 0 Å². The molecule has 3 nitrogen and oxygen atoms in total. The van der Waals surface area contributed by atoms with Gasteiger partial charge in [-0.05, 0) is 33.1 Å². The molecule has 0 radical (unpaired) electrons. The first-order valence-electron chi connectivity index (χ1n) is 6.27. The highest BCUT2D eigenvalue weighted by Crippen LogP contribution is 2.14. The highest BCUT2D eigenvalue weighted by Gasteiger charge is 2.21. The molecule has 94 valence electrons. The van der Waals surface area contributed by atoms with E-state index in [9.17, 15) is 0 Å². The van der Waals surface area contributed by atoms with Crippen molar-refractivity contribution in [1.82, 2.24) is 5.32 Å². The molecule has 1 rings (SSSR count). The van der Waals surface area contributed by atoms with E-state index in [1.54, 1.807) is 0 Å². The number of ether oxygens (including phenoxy) is 2. The monoisotopic (exact) mass is 227 g/mol. The van der Waals surface area contributed by atoms with Crippen molar-refractivity contribution in [1.29, 1.82) is 0 Å². The Balaban J connectivity index is 1.92. The van der Waals surface area contributed by atoms with Crippen molar-refractivity contribution in [3.63, 3.8) is 0 Å². The summed E-state index contributed by atoms with van der Waals surface area (Å²) in [4.78, 5) is 0. The molecule has 2 unspecified atom stereocenters. The van der Waals surface area contributed by atoms with Gasteiger partial charge in [0.2, 0.25) is 0 Å². The maximum Gasteiger partial charge on any atom is 0.0726 e. The molecular formula is C13H25NO2. The third-order valence-corrected chi connectivity index (χ3v) is 2.91. The summed E-state index contributed by atoms with van der Waals surface area (Å²) in [6.45, 7) is 11.4. The van der Waals surface area contributed by atoms with Gasteiger partial charge in [0.15, 0.2) is 0 Å². The zero-order valence-electron chi connectivity index (χ0n) is 10.6. The molecule has 1 aliphatic rings. The molecule has 16 heavy (non-hydrogen) atoms. The molecule has 0 aliphatic carbocycles. The molecule has 1 N–H and O–H groups in total. The summed E-state index contributed by atoms with van der Waals surface area (Å²) in [6, 6.07) is 0.437. The minimum absolute atomic E-state index is 0.399. The summed E-state index contributed by atoms with van der Waals surface area (Å²) >= 11 is 0. The van der Waals surface area contributed by atoms with Gasteiger partial charge < -0.3 is 14.8 Å². The van der Waals surface area contributed by atoms with Gasteiger partial charge in [-0.1, -0.05) is 5.57 Å². The highest BCUT2D eigenvalue weighted by atomic mass is 16.5.